The molecule has 0 bridgehead atoms. The molecule has 0 spiro atoms. The maximum Gasteiger partial charge on any atom is 0.407 e. The molecule has 0 saturated heterocycles. The Morgan fingerprint density at radius 2 is 2.29 bits per heavy atom. The fourth-order valence-corrected chi connectivity index (χ4v) is 1.09. The van der Waals surface area contributed by atoms with Crippen molar-refractivity contribution in [3.63, 3.8) is 0 Å². The summed E-state index contributed by atoms with van der Waals surface area (Å²) in [5.74, 6) is 0. The first kappa shape index (κ1) is 13.2. The molecule has 0 radical (unpaired) electrons. The Kier molecular flexibility index (Phi) is 8.27. The van der Waals surface area contributed by atoms with Crippen LogP contribution in [0.4, 0.5) is 4.79 Å². The first-order chi connectivity index (χ1) is 6.74. The van der Waals surface area contributed by atoms with Gasteiger partial charge in [0.05, 0.1) is 19.3 Å². The fraction of sp³-hybridized carbons (Fsp3) is 0.889. The predicted octanol–water partition coefficient (Wildman–Crippen LogP) is 0.520. The van der Waals surface area contributed by atoms with Gasteiger partial charge in [-0.05, 0) is 6.42 Å². The predicted molar refractivity (Wildman–Crippen MR) is 52.1 cm³/mol. The van der Waals surface area contributed by atoms with E-state index in [0.717, 1.165) is 12.8 Å². The molecule has 0 fully saturated rings. The molecule has 0 rings (SSSR count). The molecule has 0 saturated carbocycles. The van der Waals surface area contributed by atoms with E-state index >= 15 is 0 Å². The molecule has 1 atom stereocenters. The highest BCUT2D eigenvalue weighted by atomic mass is 16.6. The molecule has 84 valence electrons. The number of ether oxygens (including phenoxy) is 2. The number of hydrogen-bond acceptors (Lipinski definition) is 4. The summed E-state index contributed by atoms with van der Waals surface area (Å²) in [4.78, 5) is 11.1. The molecule has 0 aliphatic carbocycles. The standard InChI is InChI=1S/C9H19NO4/c1-3-4-8(7-13-2)10-9(12)14-6-5-11/h8,11H,3-7H2,1-2H3,(H,10,12). The van der Waals surface area contributed by atoms with Crippen LogP contribution in [-0.4, -0.2) is 44.2 Å². The van der Waals surface area contributed by atoms with Crippen LogP contribution in [0.1, 0.15) is 19.8 Å². The Labute approximate surface area is 84.4 Å². The van der Waals surface area contributed by atoms with Gasteiger partial charge >= 0.3 is 6.09 Å². The van der Waals surface area contributed by atoms with Gasteiger partial charge in [-0.2, -0.15) is 0 Å². The third kappa shape index (κ3) is 6.68. The minimum atomic E-state index is -0.505. The number of rotatable bonds is 7. The fourth-order valence-electron chi connectivity index (χ4n) is 1.09. The van der Waals surface area contributed by atoms with Crippen molar-refractivity contribution < 1.29 is 19.4 Å². The summed E-state index contributed by atoms with van der Waals surface area (Å²) in [7, 11) is 1.59. The Balaban J connectivity index is 3.71. The Morgan fingerprint density at radius 1 is 1.57 bits per heavy atom. The van der Waals surface area contributed by atoms with Gasteiger partial charge in [-0.15, -0.1) is 0 Å². The van der Waals surface area contributed by atoms with E-state index in [4.69, 9.17) is 9.84 Å². The summed E-state index contributed by atoms with van der Waals surface area (Å²) in [6.45, 7) is 2.37. The Morgan fingerprint density at radius 3 is 2.79 bits per heavy atom. The van der Waals surface area contributed by atoms with Gasteiger partial charge < -0.3 is 19.9 Å². The van der Waals surface area contributed by atoms with Crippen LogP contribution in [0, 0.1) is 0 Å². The molecule has 14 heavy (non-hydrogen) atoms. The molecule has 1 amide bonds. The highest BCUT2D eigenvalue weighted by Gasteiger charge is 2.11. The second-order valence-electron chi connectivity index (χ2n) is 2.94. The maximum atomic E-state index is 11.1. The molecule has 2 N–H and O–H groups in total. The molecule has 0 aliphatic heterocycles. The summed E-state index contributed by atoms with van der Waals surface area (Å²) in [5, 5.41) is 11.1. The minimum absolute atomic E-state index is 0.0174. The van der Waals surface area contributed by atoms with Crippen LogP contribution in [0.3, 0.4) is 0 Å². The minimum Gasteiger partial charge on any atom is -0.447 e. The van der Waals surface area contributed by atoms with Gasteiger partial charge in [-0.1, -0.05) is 13.3 Å². The lowest BCUT2D eigenvalue weighted by atomic mass is 10.2. The van der Waals surface area contributed by atoms with Gasteiger partial charge in [-0.3, -0.25) is 0 Å². The number of aliphatic hydroxyl groups excluding tert-OH is 1. The molecular weight excluding hydrogens is 186 g/mol. The van der Waals surface area contributed by atoms with Gasteiger partial charge in [0.15, 0.2) is 0 Å². The maximum absolute atomic E-state index is 11.1. The smallest absolute Gasteiger partial charge is 0.407 e. The summed E-state index contributed by atoms with van der Waals surface area (Å²) < 4.78 is 9.60. The lowest BCUT2D eigenvalue weighted by Gasteiger charge is -2.16. The zero-order valence-corrected chi connectivity index (χ0v) is 8.78. The molecule has 0 aromatic rings. The summed E-state index contributed by atoms with van der Waals surface area (Å²) in [6.07, 6.45) is 1.31. The van der Waals surface area contributed by atoms with Gasteiger partial charge in [0.25, 0.3) is 0 Å². The van der Waals surface area contributed by atoms with Crippen LogP contribution < -0.4 is 5.32 Å². The zero-order valence-electron chi connectivity index (χ0n) is 8.78. The number of amides is 1. The van der Waals surface area contributed by atoms with Crippen molar-refractivity contribution in [1.82, 2.24) is 5.32 Å². The van der Waals surface area contributed by atoms with E-state index in [0.29, 0.717) is 6.61 Å². The van der Waals surface area contributed by atoms with Crippen molar-refractivity contribution >= 4 is 6.09 Å². The van der Waals surface area contributed by atoms with Crippen molar-refractivity contribution in [1.29, 1.82) is 0 Å². The summed E-state index contributed by atoms with van der Waals surface area (Å²) >= 11 is 0. The van der Waals surface area contributed by atoms with E-state index < -0.39 is 6.09 Å². The monoisotopic (exact) mass is 205 g/mol. The molecule has 1 unspecified atom stereocenters. The summed E-state index contributed by atoms with van der Waals surface area (Å²) in [5.41, 5.74) is 0. The summed E-state index contributed by atoms with van der Waals surface area (Å²) in [6, 6.07) is -0.0174. The van der Waals surface area contributed by atoms with E-state index in [1.165, 1.54) is 0 Å². The van der Waals surface area contributed by atoms with Crippen molar-refractivity contribution in [3.05, 3.63) is 0 Å². The number of methoxy groups -OCH3 is 1. The van der Waals surface area contributed by atoms with Gasteiger partial charge in [0.2, 0.25) is 0 Å². The van der Waals surface area contributed by atoms with Gasteiger partial charge in [0, 0.05) is 7.11 Å². The van der Waals surface area contributed by atoms with Crippen LogP contribution in [0.25, 0.3) is 0 Å². The quantitative estimate of drug-likeness (QED) is 0.636. The third-order valence-corrected chi connectivity index (χ3v) is 1.65. The molecule has 0 aliphatic rings. The van der Waals surface area contributed by atoms with E-state index in [-0.39, 0.29) is 19.3 Å². The van der Waals surface area contributed by atoms with Crippen LogP contribution in [0.2, 0.25) is 0 Å². The van der Waals surface area contributed by atoms with E-state index in [1.54, 1.807) is 7.11 Å². The van der Waals surface area contributed by atoms with E-state index in [1.807, 2.05) is 6.92 Å². The van der Waals surface area contributed by atoms with Crippen molar-refractivity contribution in [3.8, 4) is 0 Å². The topological polar surface area (TPSA) is 67.8 Å². The molecule has 5 heteroatoms. The van der Waals surface area contributed by atoms with E-state index in [9.17, 15) is 4.79 Å². The second kappa shape index (κ2) is 8.77. The lowest BCUT2D eigenvalue weighted by molar-refractivity contribution is 0.106. The SMILES string of the molecule is CCCC(COC)NC(=O)OCCO. The lowest BCUT2D eigenvalue weighted by Crippen LogP contribution is -2.38. The average molecular weight is 205 g/mol. The molecule has 0 aromatic carbocycles. The highest BCUT2D eigenvalue weighted by Crippen LogP contribution is 1.97. The number of nitrogens with one attached hydrogen (secondary N) is 1. The zero-order chi connectivity index (χ0) is 10.8. The van der Waals surface area contributed by atoms with Crippen molar-refractivity contribution in [2.45, 2.75) is 25.8 Å². The Hall–Kier alpha value is -0.810. The number of alkyl carbamates (subject to hydrolysis) is 1. The van der Waals surface area contributed by atoms with Crippen LogP contribution in [-0.2, 0) is 9.47 Å². The normalized spacial score (nSPS) is 12.2. The van der Waals surface area contributed by atoms with Crippen molar-refractivity contribution in [2.24, 2.45) is 0 Å². The number of carbonyl (C=O) groups excluding carboxylic acids is 1. The molecule has 0 aromatic heterocycles. The highest BCUT2D eigenvalue weighted by molar-refractivity contribution is 5.67. The number of aliphatic hydroxyl groups is 1. The first-order valence-corrected chi connectivity index (χ1v) is 4.77. The third-order valence-electron chi connectivity index (χ3n) is 1.65. The van der Waals surface area contributed by atoms with Crippen LogP contribution >= 0.6 is 0 Å². The first-order valence-electron chi connectivity index (χ1n) is 4.77. The van der Waals surface area contributed by atoms with Crippen LogP contribution in [0.15, 0.2) is 0 Å². The second-order valence-corrected chi connectivity index (χ2v) is 2.94. The van der Waals surface area contributed by atoms with Crippen molar-refractivity contribution in [2.75, 3.05) is 26.9 Å². The number of carbonyl (C=O) groups is 1. The van der Waals surface area contributed by atoms with Crippen LogP contribution in [0.5, 0.6) is 0 Å². The van der Waals surface area contributed by atoms with Gasteiger partial charge in [0.1, 0.15) is 6.61 Å². The average Bonchev–Trinajstić information content (AvgIpc) is 2.15. The number of hydrogen-bond donors (Lipinski definition) is 2. The molecule has 5 nitrogen and oxygen atoms in total. The molecular formula is C9H19NO4. The van der Waals surface area contributed by atoms with Gasteiger partial charge in [-0.25, -0.2) is 4.79 Å². The largest absolute Gasteiger partial charge is 0.447 e. The van der Waals surface area contributed by atoms with E-state index in [2.05, 4.69) is 10.1 Å². The molecule has 0 heterocycles. The Bertz CT molecular complexity index is 146.